The Labute approximate surface area is 111 Å². The summed E-state index contributed by atoms with van der Waals surface area (Å²) in [7, 11) is 0. The Morgan fingerprint density at radius 1 is 1.17 bits per heavy atom. The molecule has 0 saturated heterocycles. The lowest BCUT2D eigenvalue weighted by atomic mass is 10.1. The highest BCUT2D eigenvalue weighted by atomic mass is 35.5. The summed E-state index contributed by atoms with van der Waals surface area (Å²) in [4.78, 5) is 8.73. The summed E-state index contributed by atoms with van der Waals surface area (Å²) >= 11 is 5.97. The highest BCUT2D eigenvalue weighted by Crippen LogP contribution is 2.38. The van der Waals surface area contributed by atoms with Crippen molar-refractivity contribution in [3.8, 4) is 11.1 Å². The van der Waals surface area contributed by atoms with E-state index in [2.05, 4.69) is 9.97 Å². The fourth-order valence-electron chi connectivity index (χ4n) is 1.99. The van der Waals surface area contributed by atoms with Crippen molar-refractivity contribution in [3.05, 3.63) is 47.5 Å². The second-order valence-corrected chi connectivity index (χ2v) is 5.14. The highest BCUT2D eigenvalue weighted by molar-refractivity contribution is 6.30. The Bertz CT molecular complexity index is 549. The summed E-state index contributed by atoms with van der Waals surface area (Å²) in [5.41, 5.74) is 8.05. The first kappa shape index (κ1) is 11.6. The van der Waals surface area contributed by atoms with Crippen LogP contribution in [0.4, 0.5) is 0 Å². The van der Waals surface area contributed by atoms with E-state index in [9.17, 15) is 0 Å². The van der Waals surface area contributed by atoms with Gasteiger partial charge in [0.2, 0.25) is 0 Å². The summed E-state index contributed by atoms with van der Waals surface area (Å²) in [5, 5.41) is 0.714. The molecule has 1 atom stereocenters. The molecule has 18 heavy (non-hydrogen) atoms. The van der Waals surface area contributed by atoms with Crippen LogP contribution >= 0.6 is 11.6 Å². The fourth-order valence-corrected chi connectivity index (χ4v) is 2.18. The molecule has 3 nitrogen and oxygen atoms in total. The average Bonchev–Trinajstić information content (AvgIpc) is 3.22. The lowest BCUT2D eigenvalue weighted by Gasteiger charge is -2.09. The van der Waals surface area contributed by atoms with Gasteiger partial charge in [-0.3, -0.25) is 0 Å². The van der Waals surface area contributed by atoms with Crippen LogP contribution in [0, 0.1) is 5.92 Å². The van der Waals surface area contributed by atoms with E-state index in [4.69, 9.17) is 17.3 Å². The Hall–Kier alpha value is -1.45. The van der Waals surface area contributed by atoms with Crippen LogP contribution in [0.3, 0.4) is 0 Å². The largest absolute Gasteiger partial charge is 0.321 e. The molecule has 3 rings (SSSR count). The van der Waals surface area contributed by atoms with Crippen LogP contribution < -0.4 is 5.73 Å². The second-order valence-electron chi connectivity index (χ2n) is 4.70. The number of hydrogen-bond acceptors (Lipinski definition) is 3. The Morgan fingerprint density at radius 3 is 2.50 bits per heavy atom. The molecule has 1 fully saturated rings. The van der Waals surface area contributed by atoms with Gasteiger partial charge in [-0.25, -0.2) is 9.97 Å². The maximum absolute atomic E-state index is 6.07. The minimum Gasteiger partial charge on any atom is -0.321 e. The molecule has 0 bridgehead atoms. The van der Waals surface area contributed by atoms with E-state index in [1.807, 2.05) is 36.7 Å². The molecule has 1 aromatic carbocycles. The predicted molar refractivity (Wildman–Crippen MR) is 72.1 cm³/mol. The van der Waals surface area contributed by atoms with E-state index in [-0.39, 0.29) is 6.04 Å². The fraction of sp³-hybridized carbons (Fsp3) is 0.286. The molecule has 0 aliphatic heterocycles. The lowest BCUT2D eigenvalue weighted by molar-refractivity contribution is 0.593. The predicted octanol–water partition coefficient (Wildman–Crippen LogP) is 3.21. The lowest BCUT2D eigenvalue weighted by Crippen LogP contribution is -2.15. The number of rotatable bonds is 3. The van der Waals surface area contributed by atoms with Crippen LogP contribution in [0.15, 0.2) is 36.7 Å². The maximum atomic E-state index is 6.07. The van der Waals surface area contributed by atoms with E-state index in [0.29, 0.717) is 10.9 Å². The van der Waals surface area contributed by atoms with Gasteiger partial charge in [-0.2, -0.15) is 0 Å². The Balaban J connectivity index is 1.86. The molecular formula is C14H14ClN3. The van der Waals surface area contributed by atoms with Gasteiger partial charge in [-0.05, 0) is 36.5 Å². The molecule has 1 unspecified atom stereocenters. The number of hydrogen-bond donors (Lipinski definition) is 1. The molecular weight excluding hydrogens is 246 g/mol. The van der Waals surface area contributed by atoms with Crippen molar-refractivity contribution in [3.63, 3.8) is 0 Å². The molecule has 1 aliphatic carbocycles. The van der Waals surface area contributed by atoms with Crippen molar-refractivity contribution in [2.24, 2.45) is 11.7 Å². The topological polar surface area (TPSA) is 51.8 Å². The normalized spacial score (nSPS) is 16.6. The molecule has 92 valence electrons. The minimum atomic E-state index is -0.0154. The standard InChI is InChI=1S/C14H14ClN3/c15-12-3-1-2-10(6-12)11-7-17-14(18-8-11)13(16)9-4-5-9/h1-3,6-9,13H,4-5,16H2. The Kier molecular flexibility index (Phi) is 3.02. The maximum Gasteiger partial charge on any atom is 0.145 e. The zero-order chi connectivity index (χ0) is 12.5. The van der Waals surface area contributed by atoms with Gasteiger partial charge in [0, 0.05) is 23.0 Å². The zero-order valence-corrected chi connectivity index (χ0v) is 10.6. The van der Waals surface area contributed by atoms with E-state index < -0.39 is 0 Å². The number of halogens is 1. The van der Waals surface area contributed by atoms with E-state index in [1.54, 1.807) is 0 Å². The van der Waals surface area contributed by atoms with Crippen LogP contribution in [0.2, 0.25) is 5.02 Å². The van der Waals surface area contributed by atoms with Crippen LogP contribution in [0.1, 0.15) is 24.7 Å². The van der Waals surface area contributed by atoms with Crippen molar-refractivity contribution >= 4 is 11.6 Å². The van der Waals surface area contributed by atoms with Crippen molar-refractivity contribution in [2.75, 3.05) is 0 Å². The summed E-state index contributed by atoms with van der Waals surface area (Å²) in [6, 6.07) is 7.65. The molecule has 1 saturated carbocycles. The molecule has 4 heteroatoms. The number of benzene rings is 1. The minimum absolute atomic E-state index is 0.0154. The molecule has 0 spiro atoms. The summed E-state index contributed by atoms with van der Waals surface area (Å²) in [6.45, 7) is 0. The number of nitrogens with two attached hydrogens (primary N) is 1. The quantitative estimate of drug-likeness (QED) is 0.921. The SMILES string of the molecule is NC(c1ncc(-c2cccc(Cl)c2)cn1)C1CC1. The van der Waals surface area contributed by atoms with Crippen molar-refractivity contribution < 1.29 is 0 Å². The number of nitrogens with zero attached hydrogens (tertiary/aromatic N) is 2. The summed E-state index contributed by atoms with van der Waals surface area (Å²) < 4.78 is 0. The molecule has 1 aromatic heterocycles. The van der Waals surface area contributed by atoms with Gasteiger partial charge in [0.05, 0.1) is 6.04 Å². The first-order valence-electron chi connectivity index (χ1n) is 6.07. The molecule has 2 aromatic rings. The first-order valence-corrected chi connectivity index (χ1v) is 6.45. The van der Waals surface area contributed by atoms with Gasteiger partial charge in [-0.1, -0.05) is 23.7 Å². The third-order valence-electron chi connectivity index (χ3n) is 3.26. The summed E-state index contributed by atoms with van der Waals surface area (Å²) in [5.74, 6) is 1.31. The third-order valence-corrected chi connectivity index (χ3v) is 3.49. The van der Waals surface area contributed by atoms with Crippen LogP contribution in [0.25, 0.3) is 11.1 Å². The summed E-state index contributed by atoms with van der Waals surface area (Å²) in [6.07, 6.45) is 6.02. The van der Waals surface area contributed by atoms with Crippen molar-refractivity contribution in [1.82, 2.24) is 9.97 Å². The second kappa shape index (κ2) is 4.67. The van der Waals surface area contributed by atoms with Crippen LogP contribution in [-0.4, -0.2) is 9.97 Å². The average molecular weight is 260 g/mol. The van der Waals surface area contributed by atoms with Gasteiger partial charge in [0.25, 0.3) is 0 Å². The van der Waals surface area contributed by atoms with Crippen molar-refractivity contribution in [1.29, 1.82) is 0 Å². The molecule has 2 N–H and O–H groups in total. The third kappa shape index (κ3) is 2.37. The van der Waals surface area contributed by atoms with Crippen LogP contribution in [-0.2, 0) is 0 Å². The van der Waals surface area contributed by atoms with Gasteiger partial charge < -0.3 is 5.73 Å². The molecule has 1 aliphatic rings. The zero-order valence-electron chi connectivity index (χ0n) is 9.88. The van der Waals surface area contributed by atoms with Crippen LogP contribution in [0.5, 0.6) is 0 Å². The molecule has 0 amide bonds. The van der Waals surface area contributed by atoms with E-state index >= 15 is 0 Å². The molecule has 1 heterocycles. The van der Waals surface area contributed by atoms with Gasteiger partial charge in [0.15, 0.2) is 0 Å². The molecule has 0 radical (unpaired) electrons. The van der Waals surface area contributed by atoms with E-state index in [0.717, 1.165) is 17.0 Å². The Morgan fingerprint density at radius 2 is 1.89 bits per heavy atom. The van der Waals surface area contributed by atoms with E-state index in [1.165, 1.54) is 12.8 Å². The number of aromatic nitrogens is 2. The van der Waals surface area contributed by atoms with Gasteiger partial charge in [0.1, 0.15) is 5.82 Å². The van der Waals surface area contributed by atoms with Gasteiger partial charge in [-0.15, -0.1) is 0 Å². The first-order chi connectivity index (χ1) is 8.74. The highest BCUT2D eigenvalue weighted by Gasteiger charge is 2.31. The monoisotopic (exact) mass is 259 g/mol. The van der Waals surface area contributed by atoms with Crippen molar-refractivity contribution in [2.45, 2.75) is 18.9 Å². The smallest absolute Gasteiger partial charge is 0.145 e. The van der Waals surface area contributed by atoms with Gasteiger partial charge >= 0.3 is 0 Å².